The van der Waals surface area contributed by atoms with E-state index in [1.54, 1.807) is 37.3 Å². The van der Waals surface area contributed by atoms with Gasteiger partial charge in [0.1, 0.15) is 5.82 Å². The third-order valence-corrected chi connectivity index (χ3v) is 3.01. The molecule has 0 saturated heterocycles. The average molecular weight is 308 g/mol. The van der Waals surface area contributed by atoms with Crippen LogP contribution in [0.15, 0.2) is 46.9 Å². The maximum Gasteiger partial charge on any atom is 0.258 e. The molecular formula is C14H11BrFNO. The summed E-state index contributed by atoms with van der Waals surface area (Å²) in [6.45, 7) is 1.63. The highest BCUT2D eigenvalue weighted by atomic mass is 79.9. The Balaban J connectivity index is 2.25. The summed E-state index contributed by atoms with van der Waals surface area (Å²) in [7, 11) is 0. The number of halogens is 2. The Morgan fingerprint density at radius 3 is 2.67 bits per heavy atom. The molecule has 0 saturated carbocycles. The molecule has 0 spiro atoms. The van der Waals surface area contributed by atoms with Crippen LogP contribution in [0.2, 0.25) is 0 Å². The van der Waals surface area contributed by atoms with E-state index in [0.29, 0.717) is 11.3 Å². The first-order valence-electron chi connectivity index (χ1n) is 5.40. The fourth-order valence-corrected chi connectivity index (χ4v) is 1.99. The molecular weight excluding hydrogens is 297 g/mol. The lowest BCUT2D eigenvalue weighted by Crippen LogP contribution is -2.14. The van der Waals surface area contributed by atoms with Crippen LogP contribution in [0.25, 0.3) is 0 Å². The minimum Gasteiger partial charge on any atom is -0.322 e. The largest absolute Gasteiger partial charge is 0.322 e. The van der Waals surface area contributed by atoms with E-state index >= 15 is 0 Å². The number of anilines is 1. The topological polar surface area (TPSA) is 29.1 Å². The fourth-order valence-electron chi connectivity index (χ4n) is 1.59. The molecule has 0 bridgehead atoms. The minimum absolute atomic E-state index is 0.0509. The second-order valence-electron chi connectivity index (χ2n) is 3.90. The lowest BCUT2D eigenvalue weighted by atomic mass is 10.1. The molecule has 18 heavy (non-hydrogen) atoms. The summed E-state index contributed by atoms with van der Waals surface area (Å²) in [5, 5.41) is 2.66. The van der Waals surface area contributed by atoms with Gasteiger partial charge in [-0.1, -0.05) is 34.1 Å². The van der Waals surface area contributed by atoms with Crippen molar-refractivity contribution in [3.8, 4) is 0 Å². The SMILES string of the molecule is Cc1cccc(C(=O)Nc2cccc(Br)c2)c1F. The van der Waals surface area contributed by atoms with E-state index in [0.717, 1.165) is 4.47 Å². The zero-order valence-electron chi connectivity index (χ0n) is 9.71. The first-order valence-corrected chi connectivity index (χ1v) is 6.19. The van der Waals surface area contributed by atoms with Gasteiger partial charge >= 0.3 is 0 Å². The molecule has 0 fully saturated rings. The zero-order chi connectivity index (χ0) is 13.1. The summed E-state index contributed by atoms with van der Waals surface area (Å²) in [6, 6.07) is 11.9. The normalized spacial score (nSPS) is 10.2. The number of carbonyl (C=O) groups is 1. The number of rotatable bonds is 2. The van der Waals surface area contributed by atoms with E-state index < -0.39 is 11.7 Å². The third-order valence-electron chi connectivity index (χ3n) is 2.52. The molecule has 0 unspecified atom stereocenters. The number of benzene rings is 2. The summed E-state index contributed by atoms with van der Waals surface area (Å²) >= 11 is 3.31. The van der Waals surface area contributed by atoms with Gasteiger partial charge in [0.05, 0.1) is 5.56 Å². The van der Waals surface area contributed by atoms with Crippen molar-refractivity contribution in [1.82, 2.24) is 0 Å². The highest BCUT2D eigenvalue weighted by Gasteiger charge is 2.13. The Morgan fingerprint density at radius 1 is 1.22 bits per heavy atom. The van der Waals surface area contributed by atoms with Gasteiger partial charge in [-0.3, -0.25) is 4.79 Å². The molecule has 2 rings (SSSR count). The fraction of sp³-hybridized carbons (Fsp3) is 0.0714. The highest BCUT2D eigenvalue weighted by Crippen LogP contribution is 2.18. The van der Waals surface area contributed by atoms with E-state index in [-0.39, 0.29) is 5.56 Å². The summed E-state index contributed by atoms with van der Waals surface area (Å²) in [5.74, 6) is -0.931. The van der Waals surface area contributed by atoms with Gasteiger partial charge in [-0.2, -0.15) is 0 Å². The minimum atomic E-state index is -0.481. The smallest absolute Gasteiger partial charge is 0.258 e. The van der Waals surface area contributed by atoms with Gasteiger partial charge in [-0.15, -0.1) is 0 Å². The third kappa shape index (κ3) is 2.76. The van der Waals surface area contributed by atoms with Gasteiger partial charge in [0, 0.05) is 10.2 Å². The number of aryl methyl sites for hydroxylation is 1. The predicted octanol–water partition coefficient (Wildman–Crippen LogP) is 4.15. The Morgan fingerprint density at radius 2 is 1.94 bits per heavy atom. The van der Waals surface area contributed by atoms with Gasteiger partial charge in [-0.25, -0.2) is 4.39 Å². The van der Waals surface area contributed by atoms with Crippen molar-refractivity contribution in [3.63, 3.8) is 0 Å². The summed E-state index contributed by atoms with van der Waals surface area (Å²) < 4.78 is 14.6. The first-order chi connectivity index (χ1) is 8.58. The molecule has 2 aromatic carbocycles. The Bertz CT molecular complexity index is 598. The van der Waals surface area contributed by atoms with Crippen LogP contribution in [0.3, 0.4) is 0 Å². The monoisotopic (exact) mass is 307 g/mol. The van der Waals surface area contributed by atoms with Crippen molar-refractivity contribution in [1.29, 1.82) is 0 Å². The molecule has 0 aliphatic heterocycles. The summed E-state index contributed by atoms with van der Waals surface area (Å²) in [6.07, 6.45) is 0. The average Bonchev–Trinajstić information content (AvgIpc) is 2.32. The first kappa shape index (κ1) is 12.8. The Hall–Kier alpha value is -1.68. The van der Waals surface area contributed by atoms with Crippen LogP contribution in [0.5, 0.6) is 0 Å². The lowest BCUT2D eigenvalue weighted by Gasteiger charge is -2.07. The molecule has 0 radical (unpaired) electrons. The van der Waals surface area contributed by atoms with Crippen molar-refractivity contribution >= 4 is 27.5 Å². The van der Waals surface area contributed by atoms with Crippen LogP contribution in [-0.4, -0.2) is 5.91 Å². The van der Waals surface area contributed by atoms with Crippen molar-refractivity contribution in [3.05, 3.63) is 63.9 Å². The van der Waals surface area contributed by atoms with Crippen molar-refractivity contribution in [2.24, 2.45) is 0 Å². The number of nitrogens with one attached hydrogen (secondary N) is 1. The van der Waals surface area contributed by atoms with Gasteiger partial charge in [-0.05, 0) is 36.8 Å². The van der Waals surface area contributed by atoms with Gasteiger partial charge in [0.2, 0.25) is 0 Å². The van der Waals surface area contributed by atoms with Crippen LogP contribution < -0.4 is 5.32 Å². The number of carbonyl (C=O) groups excluding carboxylic acids is 1. The quantitative estimate of drug-likeness (QED) is 0.887. The Labute approximate surface area is 113 Å². The molecule has 0 atom stereocenters. The van der Waals surface area contributed by atoms with E-state index in [9.17, 15) is 9.18 Å². The molecule has 1 amide bonds. The van der Waals surface area contributed by atoms with Crippen LogP contribution in [0.1, 0.15) is 15.9 Å². The van der Waals surface area contributed by atoms with E-state index in [2.05, 4.69) is 21.2 Å². The summed E-state index contributed by atoms with van der Waals surface area (Å²) in [5.41, 5.74) is 1.13. The van der Waals surface area contributed by atoms with Crippen LogP contribution in [0.4, 0.5) is 10.1 Å². The Kier molecular flexibility index (Phi) is 3.77. The van der Waals surface area contributed by atoms with Crippen LogP contribution >= 0.6 is 15.9 Å². The predicted molar refractivity (Wildman–Crippen MR) is 73.2 cm³/mol. The van der Waals surface area contributed by atoms with Crippen molar-refractivity contribution in [2.75, 3.05) is 5.32 Å². The highest BCUT2D eigenvalue weighted by molar-refractivity contribution is 9.10. The second kappa shape index (κ2) is 5.31. The number of hydrogen-bond donors (Lipinski definition) is 1. The molecule has 4 heteroatoms. The molecule has 2 aromatic rings. The molecule has 2 nitrogen and oxygen atoms in total. The molecule has 0 aromatic heterocycles. The van der Waals surface area contributed by atoms with E-state index in [1.165, 1.54) is 6.07 Å². The molecule has 0 aliphatic rings. The van der Waals surface area contributed by atoms with Crippen LogP contribution in [0, 0.1) is 12.7 Å². The molecule has 0 aliphatic carbocycles. The molecule has 0 heterocycles. The second-order valence-corrected chi connectivity index (χ2v) is 4.82. The summed E-state index contributed by atoms with van der Waals surface area (Å²) in [4.78, 5) is 11.9. The van der Waals surface area contributed by atoms with Gasteiger partial charge < -0.3 is 5.32 Å². The van der Waals surface area contributed by atoms with E-state index in [4.69, 9.17) is 0 Å². The van der Waals surface area contributed by atoms with E-state index in [1.807, 2.05) is 6.07 Å². The van der Waals surface area contributed by atoms with Crippen molar-refractivity contribution in [2.45, 2.75) is 6.92 Å². The maximum atomic E-state index is 13.8. The maximum absolute atomic E-state index is 13.8. The number of hydrogen-bond acceptors (Lipinski definition) is 1. The van der Waals surface area contributed by atoms with Gasteiger partial charge in [0.25, 0.3) is 5.91 Å². The van der Waals surface area contributed by atoms with Gasteiger partial charge in [0.15, 0.2) is 0 Å². The standard InChI is InChI=1S/C14H11BrFNO/c1-9-4-2-7-12(13(9)16)14(18)17-11-6-3-5-10(15)8-11/h2-8H,1H3,(H,17,18). The lowest BCUT2D eigenvalue weighted by molar-refractivity contribution is 0.102. The molecule has 92 valence electrons. The van der Waals surface area contributed by atoms with Crippen LogP contribution in [-0.2, 0) is 0 Å². The van der Waals surface area contributed by atoms with Crippen molar-refractivity contribution < 1.29 is 9.18 Å². The molecule has 1 N–H and O–H groups in total. The zero-order valence-corrected chi connectivity index (χ0v) is 11.3. The number of amides is 1.